The van der Waals surface area contributed by atoms with Crippen LogP contribution in [0.2, 0.25) is 0 Å². The molecule has 2 aromatic carbocycles. The number of imidazole rings is 1. The molecule has 2 heteroatoms. The second-order valence-corrected chi connectivity index (χ2v) is 11.0. The molecule has 0 spiro atoms. The third kappa shape index (κ3) is 2.65. The summed E-state index contributed by atoms with van der Waals surface area (Å²) in [6, 6.07) is 14.1. The predicted octanol–water partition coefficient (Wildman–Crippen LogP) is 6.95. The molecular weight excluding hydrogens is 364 g/mol. The Morgan fingerprint density at radius 3 is 2.07 bits per heavy atom. The second kappa shape index (κ2) is 6.70. The summed E-state index contributed by atoms with van der Waals surface area (Å²) in [4.78, 5) is 0. The molecule has 30 heavy (non-hydrogen) atoms. The Morgan fingerprint density at radius 2 is 1.47 bits per heavy atom. The summed E-state index contributed by atoms with van der Waals surface area (Å²) in [7, 11) is 2.17. The monoisotopic (exact) mass is 403 g/mol. The molecule has 3 aromatic rings. The number of nitrogens with zero attached hydrogens (tertiary/aromatic N) is 2. The van der Waals surface area contributed by atoms with Crippen molar-refractivity contribution in [1.29, 1.82) is 0 Å². The number of benzene rings is 2. The molecule has 1 heterocycles. The Bertz CT molecular complexity index is 1110. The van der Waals surface area contributed by atoms with Gasteiger partial charge < -0.3 is 0 Å². The summed E-state index contributed by atoms with van der Waals surface area (Å²) in [5.74, 6) is 0.630. The van der Waals surface area contributed by atoms with Crippen molar-refractivity contribution in [1.82, 2.24) is 4.57 Å². The summed E-state index contributed by atoms with van der Waals surface area (Å²) in [6.07, 6.45) is 4.62. The lowest BCUT2D eigenvalue weighted by atomic mass is 9.59. The maximum absolute atomic E-state index is 2.48. The molecule has 0 aliphatic heterocycles. The van der Waals surface area contributed by atoms with E-state index >= 15 is 0 Å². The molecule has 0 bridgehead atoms. The van der Waals surface area contributed by atoms with Gasteiger partial charge in [0, 0.05) is 0 Å². The van der Waals surface area contributed by atoms with Crippen LogP contribution in [-0.4, -0.2) is 4.57 Å². The fraction of sp³-hybridized carbons (Fsp3) is 0.536. The van der Waals surface area contributed by atoms with Gasteiger partial charge in [0.1, 0.15) is 5.69 Å². The van der Waals surface area contributed by atoms with E-state index in [-0.39, 0.29) is 16.2 Å². The van der Waals surface area contributed by atoms with Crippen LogP contribution in [0.25, 0.3) is 16.7 Å². The van der Waals surface area contributed by atoms with Crippen LogP contribution < -0.4 is 4.57 Å². The highest BCUT2D eigenvalue weighted by Crippen LogP contribution is 2.61. The van der Waals surface area contributed by atoms with Gasteiger partial charge in [-0.1, -0.05) is 67.5 Å². The third-order valence-electron chi connectivity index (χ3n) is 9.12. The van der Waals surface area contributed by atoms with Crippen molar-refractivity contribution in [2.75, 3.05) is 0 Å². The van der Waals surface area contributed by atoms with E-state index in [1.54, 1.807) is 0 Å². The van der Waals surface area contributed by atoms with Gasteiger partial charge in [0.25, 0.3) is 0 Å². The van der Waals surface area contributed by atoms with Gasteiger partial charge in [-0.15, -0.1) is 0 Å². The Labute approximate surface area is 182 Å². The van der Waals surface area contributed by atoms with Crippen LogP contribution in [0.4, 0.5) is 0 Å². The molecule has 2 nitrogen and oxygen atoms in total. The molecular formula is C28H39N2+. The number of rotatable bonds is 4. The van der Waals surface area contributed by atoms with Crippen LogP contribution in [0.5, 0.6) is 0 Å². The topological polar surface area (TPSA) is 8.81 Å². The summed E-state index contributed by atoms with van der Waals surface area (Å²) in [5.41, 5.74) is 8.76. The van der Waals surface area contributed by atoms with Crippen LogP contribution in [0.3, 0.4) is 0 Å². The molecule has 0 unspecified atom stereocenters. The van der Waals surface area contributed by atoms with E-state index in [0.717, 1.165) is 0 Å². The fourth-order valence-electron chi connectivity index (χ4n) is 5.73. The first-order valence-corrected chi connectivity index (χ1v) is 11.6. The smallest absolute Gasteiger partial charge is 0.232 e. The maximum atomic E-state index is 2.48. The first kappa shape index (κ1) is 21.2. The summed E-state index contributed by atoms with van der Waals surface area (Å²) in [6.45, 7) is 19.1. The molecule has 1 aromatic heterocycles. The molecule has 0 saturated carbocycles. The maximum Gasteiger partial charge on any atom is 0.249 e. The van der Waals surface area contributed by atoms with Gasteiger partial charge in [-0.05, 0) is 76.0 Å². The van der Waals surface area contributed by atoms with E-state index in [1.165, 1.54) is 46.3 Å². The molecule has 0 saturated heterocycles. The normalized spacial score (nSPS) is 18.9. The second-order valence-electron chi connectivity index (χ2n) is 11.0. The van der Waals surface area contributed by atoms with Crippen LogP contribution in [-0.2, 0) is 17.9 Å². The fourth-order valence-corrected chi connectivity index (χ4v) is 5.73. The van der Waals surface area contributed by atoms with Crippen LogP contribution in [0.15, 0.2) is 42.7 Å². The highest BCUT2D eigenvalue weighted by Gasteiger charge is 2.57. The van der Waals surface area contributed by atoms with Crippen molar-refractivity contribution in [3.63, 3.8) is 0 Å². The number of hydrogen-bond acceptors (Lipinski definition) is 0. The number of fused-ring (bicyclic) bond motifs is 2. The molecule has 1 aliphatic carbocycles. The van der Waals surface area contributed by atoms with Crippen molar-refractivity contribution < 1.29 is 4.57 Å². The predicted molar refractivity (Wildman–Crippen MR) is 128 cm³/mol. The van der Waals surface area contributed by atoms with E-state index in [4.69, 9.17) is 0 Å². The van der Waals surface area contributed by atoms with E-state index < -0.39 is 0 Å². The summed E-state index contributed by atoms with van der Waals surface area (Å²) in [5, 5.41) is 0. The van der Waals surface area contributed by atoms with Gasteiger partial charge in [0.2, 0.25) is 6.33 Å². The highest BCUT2D eigenvalue weighted by molar-refractivity contribution is 5.78. The Morgan fingerprint density at radius 1 is 0.867 bits per heavy atom. The largest absolute Gasteiger partial charge is 0.249 e. The summed E-state index contributed by atoms with van der Waals surface area (Å²) >= 11 is 0. The third-order valence-corrected chi connectivity index (χ3v) is 9.12. The highest BCUT2D eigenvalue weighted by atomic mass is 15.1. The van der Waals surface area contributed by atoms with E-state index in [1.807, 2.05) is 0 Å². The first-order valence-electron chi connectivity index (χ1n) is 11.6. The van der Waals surface area contributed by atoms with Crippen molar-refractivity contribution in [2.45, 2.75) is 85.0 Å². The molecule has 0 amide bonds. The SMILES string of the molecule is CCC(CC)c1cccc(-n2c[n+](C)c3cc4c(cc32)C(C)(C)C(C)(C)C4(C)C)c1. The number of aryl methyl sites for hydroxylation is 1. The van der Waals surface area contributed by atoms with Gasteiger partial charge >= 0.3 is 0 Å². The molecule has 4 rings (SSSR count). The summed E-state index contributed by atoms with van der Waals surface area (Å²) < 4.78 is 4.67. The van der Waals surface area contributed by atoms with Crippen molar-refractivity contribution in [3.05, 3.63) is 59.4 Å². The van der Waals surface area contributed by atoms with Gasteiger partial charge in [-0.2, -0.15) is 4.57 Å². The zero-order valence-electron chi connectivity index (χ0n) is 20.4. The molecule has 0 radical (unpaired) electrons. The molecule has 0 N–H and O–H groups in total. The van der Waals surface area contributed by atoms with Crippen molar-refractivity contribution >= 4 is 11.0 Å². The van der Waals surface area contributed by atoms with Gasteiger partial charge in [-0.25, -0.2) is 4.57 Å². The Hall–Kier alpha value is -2.09. The van der Waals surface area contributed by atoms with E-state index in [0.29, 0.717) is 5.92 Å². The average molecular weight is 404 g/mol. The van der Waals surface area contributed by atoms with Crippen molar-refractivity contribution in [2.24, 2.45) is 12.5 Å². The van der Waals surface area contributed by atoms with Crippen molar-refractivity contribution in [3.8, 4) is 5.69 Å². The minimum Gasteiger partial charge on any atom is -0.232 e. The zero-order chi connectivity index (χ0) is 22.1. The molecule has 0 atom stereocenters. The van der Waals surface area contributed by atoms with E-state index in [2.05, 4.69) is 114 Å². The first-order chi connectivity index (χ1) is 14.0. The van der Waals surface area contributed by atoms with Gasteiger partial charge in [0.15, 0.2) is 11.0 Å². The minimum absolute atomic E-state index is 0.116. The van der Waals surface area contributed by atoms with Crippen LogP contribution in [0, 0.1) is 5.41 Å². The van der Waals surface area contributed by atoms with Gasteiger partial charge in [-0.3, -0.25) is 0 Å². The number of hydrogen-bond donors (Lipinski definition) is 0. The molecule has 1 aliphatic rings. The Balaban J connectivity index is 1.96. The average Bonchev–Trinajstić information content (AvgIpc) is 3.08. The van der Waals surface area contributed by atoms with Crippen LogP contribution >= 0.6 is 0 Å². The standard InChI is InChI=1S/C28H39N2/c1-10-19(11-2)20-13-12-14-21(15-20)30-18-29(9)24-16-22-23(17-25(24)30)27(5,6)28(7,8)26(22,3)4/h12-19H,10-11H2,1-9H3/q+1. The lowest BCUT2D eigenvalue weighted by molar-refractivity contribution is -0.645. The number of aromatic nitrogens is 2. The van der Waals surface area contributed by atoms with Crippen LogP contribution in [0.1, 0.15) is 90.8 Å². The quantitative estimate of drug-likeness (QED) is 0.417. The van der Waals surface area contributed by atoms with Gasteiger partial charge in [0.05, 0.1) is 7.05 Å². The zero-order valence-corrected chi connectivity index (χ0v) is 20.4. The lowest BCUT2D eigenvalue weighted by Gasteiger charge is -2.44. The lowest BCUT2D eigenvalue weighted by Crippen LogP contribution is -2.42. The van der Waals surface area contributed by atoms with E-state index in [9.17, 15) is 0 Å². The minimum atomic E-state index is 0.116. The molecule has 160 valence electrons. The molecule has 0 fully saturated rings. The Kier molecular flexibility index (Phi) is 4.73.